The van der Waals surface area contributed by atoms with Gasteiger partial charge in [0, 0.05) is 18.7 Å². The molecule has 0 saturated heterocycles. The first-order valence-corrected chi connectivity index (χ1v) is 8.61. The van der Waals surface area contributed by atoms with E-state index in [0.717, 1.165) is 50.8 Å². The number of benzene rings is 1. The van der Waals surface area contributed by atoms with Crippen molar-refractivity contribution >= 4 is 5.91 Å². The van der Waals surface area contributed by atoms with Crippen LogP contribution in [-0.4, -0.2) is 23.5 Å². The second kappa shape index (κ2) is 7.10. The Morgan fingerprint density at radius 1 is 1.18 bits per heavy atom. The van der Waals surface area contributed by atoms with Gasteiger partial charge >= 0.3 is 0 Å². The summed E-state index contributed by atoms with van der Waals surface area (Å²) >= 11 is 0. The normalized spacial score (nSPS) is 21.4. The van der Waals surface area contributed by atoms with E-state index in [0.29, 0.717) is 0 Å². The molecule has 1 aliphatic heterocycles. The van der Waals surface area contributed by atoms with Gasteiger partial charge in [-0.25, -0.2) is 0 Å². The van der Waals surface area contributed by atoms with Crippen LogP contribution in [0, 0.1) is 0 Å². The molecule has 2 aliphatic rings. The Hall–Kier alpha value is -1.61. The Labute approximate surface area is 133 Å². The Morgan fingerprint density at radius 2 is 1.95 bits per heavy atom. The molecule has 1 aromatic carbocycles. The maximum Gasteiger partial charge on any atom is 0.251 e. The summed E-state index contributed by atoms with van der Waals surface area (Å²) in [5.74, 6) is 0.286. The number of rotatable bonds is 6. The van der Waals surface area contributed by atoms with Gasteiger partial charge in [0.2, 0.25) is 0 Å². The zero-order valence-corrected chi connectivity index (χ0v) is 13.5. The van der Waals surface area contributed by atoms with Crippen molar-refractivity contribution < 1.29 is 4.79 Å². The fourth-order valence-corrected chi connectivity index (χ4v) is 3.56. The predicted molar refractivity (Wildman–Crippen MR) is 89.2 cm³/mol. The topological polar surface area (TPSA) is 32.3 Å². The molecule has 0 fully saturated rings. The van der Waals surface area contributed by atoms with Crippen LogP contribution in [0.25, 0.3) is 0 Å². The third kappa shape index (κ3) is 3.09. The molecule has 1 aliphatic carbocycles. The van der Waals surface area contributed by atoms with E-state index in [9.17, 15) is 4.79 Å². The van der Waals surface area contributed by atoms with E-state index in [2.05, 4.69) is 41.4 Å². The van der Waals surface area contributed by atoms with Gasteiger partial charge in [-0.2, -0.15) is 0 Å². The van der Waals surface area contributed by atoms with E-state index in [1.807, 2.05) is 6.07 Å². The van der Waals surface area contributed by atoms with Crippen molar-refractivity contribution in [2.45, 2.75) is 58.2 Å². The van der Waals surface area contributed by atoms with Crippen LogP contribution in [0.15, 0.2) is 41.5 Å². The van der Waals surface area contributed by atoms with E-state index in [4.69, 9.17) is 0 Å². The number of hydrogen-bond acceptors (Lipinski definition) is 2. The number of nitrogens with one attached hydrogen (secondary N) is 1. The molecule has 3 rings (SSSR count). The van der Waals surface area contributed by atoms with E-state index in [1.54, 1.807) is 0 Å². The lowest BCUT2D eigenvalue weighted by molar-refractivity contribution is -0.127. The summed E-state index contributed by atoms with van der Waals surface area (Å²) in [6.45, 7) is 3.87. The van der Waals surface area contributed by atoms with Gasteiger partial charge in [-0.1, -0.05) is 43.7 Å². The summed E-state index contributed by atoms with van der Waals surface area (Å²) in [5, 5.41) is 3.63. The Balaban J connectivity index is 1.74. The van der Waals surface area contributed by atoms with Gasteiger partial charge in [-0.3, -0.25) is 10.1 Å². The van der Waals surface area contributed by atoms with Crippen molar-refractivity contribution in [3.8, 4) is 0 Å². The fraction of sp³-hybridized carbons (Fsp3) is 0.526. The zero-order valence-electron chi connectivity index (χ0n) is 13.5. The first-order chi connectivity index (χ1) is 10.8. The largest absolute Gasteiger partial charge is 0.319 e. The number of hydrogen-bond donors (Lipinski definition) is 1. The van der Waals surface area contributed by atoms with Crippen molar-refractivity contribution in [3.63, 3.8) is 0 Å². The third-order valence-corrected chi connectivity index (χ3v) is 4.77. The van der Waals surface area contributed by atoms with Gasteiger partial charge in [0.1, 0.15) is 6.17 Å². The quantitative estimate of drug-likeness (QED) is 0.870. The van der Waals surface area contributed by atoms with Gasteiger partial charge in [-0.15, -0.1) is 0 Å². The van der Waals surface area contributed by atoms with Crippen LogP contribution in [0.4, 0.5) is 0 Å². The lowest BCUT2D eigenvalue weighted by Gasteiger charge is -2.28. The van der Waals surface area contributed by atoms with Crippen LogP contribution < -0.4 is 5.32 Å². The fourth-order valence-electron chi connectivity index (χ4n) is 3.56. The SMILES string of the molecule is CCCCN1C(=O)C2=C(CCCC2)[C@@H]1NCc1ccccc1. The van der Waals surface area contributed by atoms with Gasteiger partial charge < -0.3 is 4.90 Å². The summed E-state index contributed by atoms with van der Waals surface area (Å²) in [5.41, 5.74) is 3.74. The molecule has 3 heteroatoms. The Morgan fingerprint density at radius 3 is 2.73 bits per heavy atom. The molecule has 0 aromatic heterocycles. The second-order valence-corrected chi connectivity index (χ2v) is 6.33. The van der Waals surface area contributed by atoms with E-state index in [-0.39, 0.29) is 12.1 Å². The smallest absolute Gasteiger partial charge is 0.251 e. The van der Waals surface area contributed by atoms with Crippen molar-refractivity contribution in [1.29, 1.82) is 0 Å². The average molecular weight is 298 g/mol. The van der Waals surface area contributed by atoms with Gasteiger partial charge in [-0.05, 0) is 43.2 Å². The van der Waals surface area contributed by atoms with Crippen LogP contribution in [0.1, 0.15) is 51.0 Å². The van der Waals surface area contributed by atoms with E-state index >= 15 is 0 Å². The van der Waals surface area contributed by atoms with Crippen molar-refractivity contribution in [2.75, 3.05) is 6.54 Å². The minimum Gasteiger partial charge on any atom is -0.319 e. The molecule has 118 valence electrons. The van der Waals surface area contributed by atoms with Crippen LogP contribution in [0.5, 0.6) is 0 Å². The van der Waals surface area contributed by atoms with Crippen molar-refractivity contribution in [3.05, 3.63) is 47.0 Å². The maximum absolute atomic E-state index is 12.7. The number of nitrogens with zero attached hydrogens (tertiary/aromatic N) is 1. The van der Waals surface area contributed by atoms with Crippen LogP contribution in [0.2, 0.25) is 0 Å². The maximum atomic E-state index is 12.7. The molecule has 0 radical (unpaired) electrons. The predicted octanol–water partition coefficient (Wildman–Crippen LogP) is 3.62. The first-order valence-electron chi connectivity index (χ1n) is 8.61. The van der Waals surface area contributed by atoms with Crippen LogP contribution in [-0.2, 0) is 11.3 Å². The number of unbranched alkanes of at least 4 members (excludes halogenated alkanes) is 1. The molecule has 1 aromatic rings. The summed E-state index contributed by atoms with van der Waals surface area (Å²) in [6, 6.07) is 10.4. The standard InChI is InChI=1S/C19H26N2O/c1-2-3-13-21-18(20-14-15-9-5-4-6-10-15)16-11-7-8-12-17(16)19(21)22/h4-6,9-10,18,20H,2-3,7-8,11-14H2,1H3/t18-/m1/s1. The molecule has 1 amide bonds. The van der Waals surface area contributed by atoms with Crippen molar-refractivity contribution in [2.24, 2.45) is 0 Å². The summed E-state index contributed by atoms with van der Waals surface area (Å²) in [7, 11) is 0. The Kier molecular flexibility index (Phi) is 4.94. The number of amides is 1. The minimum absolute atomic E-state index is 0.120. The van der Waals surface area contributed by atoms with E-state index in [1.165, 1.54) is 17.6 Å². The number of carbonyl (C=O) groups is 1. The molecule has 0 bridgehead atoms. The molecule has 22 heavy (non-hydrogen) atoms. The summed E-state index contributed by atoms with van der Waals surface area (Å²) < 4.78 is 0. The first kappa shape index (κ1) is 15.3. The molecule has 1 atom stereocenters. The van der Waals surface area contributed by atoms with Crippen molar-refractivity contribution in [1.82, 2.24) is 10.2 Å². The van der Waals surface area contributed by atoms with Gasteiger partial charge in [0.25, 0.3) is 5.91 Å². The van der Waals surface area contributed by atoms with Gasteiger partial charge in [0.15, 0.2) is 0 Å². The lowest BCUT2D eigenvalue weighted by atomic mass is 9.92. The van der Waals surface area contributed by atoms with Crippen LogP contribution >= 0.6 is 0 Å². The molecular formula is C19H26N2O. The lowest BCUT2D eigenvalue weighted by Crippen LogP contribution is -2.45. The molecule has 0 spiro atoms. The van der Waals surface area contributed by atoms with Crippen LogP contribution in [0.3, 0.4) is 0 Å². The molecule has 3 nitrogen and oxygen atoms in total. The van der Waals surface area contributed by atoms with Gasteiger partial charge in [0.05, 0.1) is 0 Å². The monoisotopic (exact) mass is 298 g/mol. The highest BCUT2D eigenvalue weighted by molar-refractivity contribution is 5.97. The summed E-state index contributed by atoms with van der Waals surface area (Å²) in [6.07, 6.45) is 6.76. The number of carbonyl (C=O) groups excluding carboxylic acids is 1. The second-order valence-electron chi connectivity index (χ2n) is 6.33. The molecular weight excluding hydrogens is 272 g/mol. The highest BCUT2D eigenvalue weighted by atomic mass is 16.2. The third-order valence-electron chi connectivity index (χ3n) is 4.77. The highest BCUT2D eigenvalue weighted by Gasteiger charge is 2.38. The molecule has 1 heterocycles. The summed E-state index contributed by atoms with van der Waals surface area (Å²) in [4.78, 5) is 14.8. The molecule has 1 N–H and O–H groups in total. The molecule has 0 saturated carbocycles. The zero-order chi connectivity index (χ0) is 15.4. The molecule has 0 unspecified atom stereocenters. The van der Waals surface area contributed by atoms with E-state index < -0.39 is 0 Å². The Bertz CT molecular complexity index is 550. The average Bonchev–Trinajstić information content (AvgIpc) is 2.84. The highest BCUT2D eigenvalue weighted by Crippen LogP contribution is 2.35. The minimum atomic E-state index is 0.120.